The minimum absolute atomic E-state index is 0.0119. The Morgan fingerprint density at radius 1 is 1.50 bits per heavy atom. The maximum atomic E-state index is 11.9. The molecule has 1 amide bonds. The average molecular weight is 248 g/mol. The molecule has 0 atom stereocenters. The van der Waals surface area contributed by atoms with E-state index in [-0.39, 0.29) is 5.91 Å². The van der Waals surface area contributed by atoms with Gasteiger partial charge in [-0.05, 0) is 31.4 Å². The van der Waals surface area contributed by atoms with Crippen LogP contribution in [0.5, 0.6) is 0 Å². The SMILES string of the molecule is Cc1cncc(NC(=O)CN2CCC(N)CC2)c1. The van der Waals surface area contributed by atoms with E-state index in [1.54, 1.807) is 12.4 Å². The van der Waals surface area contributed by atoms with E-state index in [4.69, 9.17) is 5.73 Å². The van der Waals surface area contributed by atoms with Crippen molar-refractivity contribution >= 4 is 11.6 Å². The van der Waals surface area contributed by atoms with Crippen molar-refractivity contribution in [3.63, 3.8) is 0 Å². The highest BCUT2D eigenvalue weighted by molar-refractivity contribution is 5.92. The second-order valence-corrected chi connectivity index (χ2v) is 4.91. The summed E-state index contributed by atoms with van der Waals surface area (Å²) >= 11 is 0. The van der Waals surface area contributed by atoms with E-state index >= 15 is 0 Å². The van der Waals surface area contributed by atoms with Gasteiger partial charge in [-0.3, -0.25) is 14.7 Å². The van der Waals surface area contributed by atoms with E-state index in [9.17, 15) is 4.79 Å². The Bertz CT molecular complexity index is 413. The monoisotopic (exact) mass is 248 g/mol. The van der Waals surface area contributed by atoms with E-state index in [1.807, 2.05) is 13.0 Å². The van der Waals surface area contributed by atoms with Gasteiger partial charge in [-0.1, -0.05) is 0 Å². The molecule has 5 nitrogen and oxygen atoms in total. The largest absolute Gasteiger partial charge is 0.328 e. The van der Waals surface area contributed by atoms with Gasteiger partial charge < -0.3 is 11.1 Å². The zero-order valence-corrected chi connectivity index (χ0v) is 10.7. The van der Waals surface area contributed by atoms with Crippen molar-refractivity contribution in [3.8, 4) is 0 Å². The number of amides is 1. The molecule has 2 rings (SSSR count). The predicted molar refractivity (Wildman–Crippen MR) is 71.3 cm³/mol. The van der Waals surface area contributed by atoms with Gasteiger partial charge in [0.25, 0.3) is 0 Å². The lowest BCUT2D eigenvalue weighted by Crippen LogP contribution is -2.43. The highest BCUT2D eigenvalue weighted by Crippen LogP contribution is 2.10. The van der Waals surface area contributed by atoms with Crippen LogP contribution < -0.4 is 11.1 Å². The third-order valence-corrected chi connectivity index (χ3v) is 3.16. The standard InChI is InChI=1S/C13H20N4O/c1-10-6-12(8-15-7-10)16-13(18)9-17-4-2-11(14)3-5-17/h6-8,11H,2-5,9,14H2,1H3,(H,16,18). The number of hydrogen-bond acceptors (Lipinski definition) is 4. The molecule has 0 unspecified atom stereocenters. The normalized spacial score (nSPS) is 17.7. The van der Waals surface area contributed by atoms with Crippen LogP contribution in [-0.2, 0) is 4.79 Å². The topological polar surface area (TPSA) is 71.2 Å². The predicted octanol–water partition coefficient (Wildman–Crippen LogP) is 0.752. The first-order valence-corrected chi connectivity index (χ1v) is 6.33. The second-order valence-electron chi connectivity index (χ2n) is 4.91. The fourth-order valence-electron chi connectivity index (χ4n) is 2.14. The number of likely N-dealkylation sites (tertiary alicyclic amines) is 1. The summed E-state index contributed by atoms with van der Waals surface area (Å²) in [6, 6.07) is 2.21. The van der Waals surface area contributed by atoms with Crippen LogP contribution in [0.25, 0.3) is 0 Å². The first-order valence-electron chi connectivity index (χ1n) is 6.33. The van der Waals surface area contributed by atoms with Crippen LogP contribution in [0.3, 0.4) is 0 Å². The number of nitrogens with zero attached hydrogens (tertiary/aromatic N) is 2. The molecule has 0 radical (unpaired) electrons. The van der Waals surface area contributed by atoms with Gasteiger partial charge in [0.1, 0.15) is 0 Å². The molecule has 0 saturated carbocycles. The summed E-state index contributed by atoms with van der Waals surface area (Å²) in [5.41, 5.74) is 7.63. The molecule has 1 aromatic rings. The maximum Gasteiger partial charge on any atom is 0.238 e. The first-order chi connectivity index (χ1) is 8.63. The van der Waals surface area contributed by atoms with Crippen molar-refractivity contribution < 1.29 is 4.79 Å². The number of piperidine rings is 1. The van der Waals surface area contributed by atoms with Crippen molar-refractivity contribution in [1.82, 2.24) is 9.88 Å². The molecule has 1 fully saturated rings. The first kappa shape index (κ1) is 13.0. The molecule has 1 aliphatic rings. The van der Waals surface area contributed by atoms with E-state index in [1.165, 1.54) is 0 Å². The number of pyridine rings is 1. The molecular formula is C13H20N4O. The number of aromatic nitrogens is 1. The Morgan fingerprint density at radius 2 is 2.22 bits per heavy atom. The van der Waals surface area contributed by atoms with Crippen LogP contribution in [-0.4, -0.2) is 41.5 Å². The third-order valence-electron chi connectivity index (χ3n) is 3.16. The summed E-state index contributed by atoms with van der Waals surface area (Å²) < 4.78 is 0. The zero-order chi connectivity index (χ0) is 13.0. The molecule has 1 aromatic heterocycles. The number of nitrogens with two attached hydrogens (primary N) is 1. The van der Waals surface area contributed by atoms with Gasteiger partial charge in [0.2, 0.25) is 5.91 Å². The molecule has 0 bridgehead atoms. The van der Waals surface area contributed by atoms with Gasteiger partial charge in [0.15, 0.2) is 0 Å². The Morgan fingerprint density at radius 3 is 2.89 bits per heavy atom. The number of anilines is 1. The minimum Gasteiger partial charge on any atom is -0.328 e. The lowest BCUT2D eigenvalue weighted by molar-refractivity contribution is -0.117. The third kappa shape index (κ3) is 3.78. The Balaban J connectivity index is 1.82. The molecule has 0 aromatic carbocycles. The maximum absolute atomic E-state index is 11.9. The van der Waals surface area contributed by atoms with E-state index in [0.717, 1.165) is 37.2 Å². The molecule has 0 spiro atoms. The molecule has 3 N–H and O–H groups in total. The molecule has 0 aliphatic carbocycles. The molecule has 1 aliphatic heterocycles. The summed E-state index contributed by atoms with van der Waals surface area (Å²) in [5, 5.41) is 2.87. The van der Waals surface area contributed by atoms with Crippen molar-refractivity contribution in [2.75, 3.05) is 25.0 Å². The van der Waals surface area contributed by atoms with Crippen LogP contribution in [0.15, 0.2) is 18.5 Å². The van der Waals surface area contributed by atoms with Gasteiger partial charge in [0, 0.05) is 25.3 Å². The molecule has 5 heteroatoms. The van der Waals surface area contributed by atoms with Crippen molar-refractivity contribution in [2.45, 2.75) is 25.8 Å². The molecular weight excluding hydrogens is 228 g/mol. The quantitative estimate of drug-likeness (QED) is 0.828. The molecule has 1 saturated heterocycles. The zero-order valence-electron chi connectivity index (χ0n) is 10.7. The highest BCUT2D eigenvalue weighted by Gasteiger charge is 2.18. The molecule has 98 valence electrons. The second kappa shape index (κ2) is 5.93. The Hall–Kier alpha value is -1.46. The smallest absolute Gasteiger partial charge is 0.238 e. The van der Waals surface area contributed by atoms with Crippen molar-refractivity contribution in [2.24, 2.45) is 5.73 Å². The van der Waals surface area contributed by atoms with E-state index in [2.05, 4.69) is 15.2 Å². The van der Waals surface area contributed by atoms with Gasteiger partial charge in [0.05, 0.1) is 18.4 Å². The van der Waals surface area contributed by atoms with Crippen LogP contribution in [0.2, 0.25) is 0 Å². The van der Waals surface area contributed by atoms with Crippen LogP contribution in [0.4, 0.5) is 5.69 Å². The minimum atomic E-state index is 0.0119. The number of carbonyl (C=O) groups is 1. The number of rotatable bonds is 3. The van der Waals surface area contributed by atoms with Gasteiger partial charge in [-0.2, -0.15) is 0 Å². The summed E-state index contributed by atoms with van der Waals surface area (Å²) in [4.78, 5) is 18.1. The fourth-order valence-corrected chi connectivity index (χ4v) is 2.14. The lowest BCUT2D eigenvalue weighted by Gasteiger charge is -2.29. The molecule has 2 heterocycles. The average Bonchev–Trinajstić information content (AvgIpc) is 2.32. The number of hydrogen-bond donors (Lipinski definition) is 2. The Kier molecular flexibility index (Phi) is 4.28. The van der Waals surface area contributed by atoms with Gasteiger partial charge in [-0.25, -0.2) is 0 Å². The van der Waals surface area contributed by atoms with Gasteiger partial charge in [-0.15, -0.1) is 0 Å². The Labute approximate surface area is 107 Å². The van der Waals surface area contributed by atoms with E-state index in [0.29, 0.717) is 12.6 Å². The number of aryl methyl sites for hydroxylation is 1. The lowest BCUT2D eigenvalue weighted by atomic mass is 10.1. The number of nitrogens with one attached hydrogen (secondary N) is 1. The van der Waals surface area contributed by atoms with Crippen LogP contribution >= 0.6 is 0 Å². The van der Waals surface area contributed by atoms with E-state index < -0.39 is 0 Å². The van der Waals surface area contributed by atoms with Gasteiger partial charge >= 0.3 is 0 Å². The van der Waals surface area contributed by atoms with Crippen LogP contribution in [0.1, 0.15) is 18.4 Å². The summed E-state index contributed by atoms with van der Waals surface area (Å²) in [5.74, 6) is 0.0119. The summed E-state index contributed by atoms with van der Waals surface area (Å²) in [6.45, 7) is 4.19. The highest BCUT2D eigenvalue weighted by atomic mass is 16.2. The van der Waals surface area contributed by atoms with Crippen molar-refractivity contribution in [1.29, 1.82) is 0 Å². The van der Waals surface area contributed by atoms with Crippen LogP contribution in [0, 0.1) is 6.92 Å². The fraction of sp³-hybridized carbons (Fsp3) is 0.538. The summed E-state index contributed by atoms with van der Waals surface area (Å²) in [7, 11) is 0. The molecule has 18 heavy (non-hydrogen) atoms. The van der Waals surface area contributed by atoms with Crippen molar-refractivity contribution in [3.05, 3.63) is 24.0 Å². The summed E-state index contributed by atoms with van der Waals surface area (Å²) in [6.07, 6.45) is 5.37. The number of carbonyl (C=O) groups excluding carboxylic acids is 1.